The number of benzene rings is 1. The Kier molecular flexibility index (Phi) is 5.93. The van der Waals surface area contributed by atoms with Crippen LogP contribution in [0, 0.1) is 29.1 Å². The number of rotatable bonds is 5. The van der Waals surface area contributed by atoms with Crippen molar-refractivity contribution < 1.29 is 14.7 Å². The maximum atomic E-state index is 12.7. The van der Waals surface area contributed by atoms with Crippen LogP contribution >= 0.6 is 0 Å². The molecule has 1 aromatic rings. The van der Waals surface area contributed by atoms with Gasteiger partial charge in [0, 0.05) is 23.6 Å². The van der Waals surface area contributed by atoms with Crippen molar-refractivity contribution in [1.82, 2.24) is 10.6 Å². The van der Waals surface area contributed by atoms with Crippen molar-refractivity contribution in [2.75, 3.05) is 0 Å². The second-order valence-electron chi connectivity index (χ2n) is 10.3. The van der Waals surface area contributed by atoms with E-state index in [0.29, 0.717) is 11.6 Å². The Morgan fingerprint density at radius 3 is 2.40 bits per heavy atom. The number of amides is 2. The largest absolute Gasteiger partial charge is 0.392 e. The molecule has 0 saturated heterocycles. The lowest BCUT2D eigenvalue weighted by Crippen LogP contribution is -2.58. The molecule has 164 valence electrons. The fourth-order valence-electron chi connectivity index (χ4n) is 6.09. The lowest BCUT2D eigenvalue weighted by atomic mass is 9.51. The summed E-state index contributed by atoms with van der Waals surface area (Å²) in [4.78, 5) is 25.4. The number of nitrogens with one attached hydrogen (secondary N) is 2. The molecule has 7 unspecified atom stereocenters. The van der Waals surface area contributed by atoms with E-state index in [9.17, 15) is 14.7 Å². The molecule has 0 spiro atoms. The molecular formula is C25H36N2O3. The maximum absolute atomic E-state index is 12.7. The zero-order valence-corrected chi connectivity index (χ0v) is 18.4. The van der Waals surface area contributed by atoms with Crippen molar-refractivity contribution >= 4 is 11.8 Å². The first kappa shape index (κ1) is 21.4. The van der Waals surface area contributed by atoms with Crippen molar-refractivity contribution in [3.05, 3.63) is 35.9 Å². The minimum atomic E-state index is -0.518. The number of aliphatic hydroxyl groups excluding tert-OH is 1. The van der Waals surface area contributed by atoms with Gasteiger partial charge in [0.15, 0.2) is 0 Å². The van der Waals surface area contributed by atoms with Crippen LogP contribution < -0.4 is 10.6 Å². The van der Waals surface area contributed by atoms with E-state index in [2.05, 4.69) is 24.5 Å². The van der Waals surface area contributed by atoms with Crippen LogP contribution in [-0.2, 0) is 4.79 Å². The topological polar surface area (TPSA) is 78.4 Å². The molecule has 0 bridgehead atoms. The highest BCUT2D eigenvalue weighted by atomic mass is 16.3. The normalized spacial score (nSPS) is 37.0. The molecule has 5 heteroatoms. The first-order valence-electron chi connectivity index (χ1n) is 11.6. The van der Waals surface area contributed by atoms with Crippen LogP contribution in [0.5, 0.6) is 0 Å². The highest BCUT2D eigenvalue weighted by molar-refractivity contribution is 5.94. The Bertz CT molecular complexity index is 778. The fraction of sp³-hybridized carbons (Fsp3) is 0.680. The van der Waals surface area contributed by atoms with Gasteiger partial charge in [-0.2, -0.15) is 0 Å². The smallest absolute Gasteiger partial charge is 0.251 e. The molecule has 0 heterocycles. The predicted molar refractivity (Wildman–Crippen MR) is 117 cm³/mol. The van der Waals surface area contributed by atoms with Crippen molar-refractivity contribution in [3.63, 3.8) is 0 Å². The van der Waals surface area contributed by atoms with Gasteiger partial charge in [-0.25, -0.2) is 0 Å². The maximum Gasteiger partial charge on any atom is 0.251 e. The lowest BCUT2D eigenvalue weighted by Gasteiger charge is -2.56. The van der Waals surface area contributed by atoms with Gasteiger partial charge in [0.25, 0.3) is 5.91 Å². The van der Waals surface area contributed by atoms with E-state index < -0.39 is 6.10 Å². The van der Waals surface area contributed by atoms with Crippen molar-refractivity contribution in [2.45, 2.75) is 77.5 Å². The molecule has 1 aromatic carbocycles. The third-order valence-electron chi connectivity index (χ3n) is 8.22. The van der Waals surface area contributed by atoms with Crippen molar-refractivity contribution in [1.29, 1.82) is 0 Å². The van der Waals surface area contributed by atoms with Crippen LogP contribution in [0.15, 0.2) is 30.3 Å². The highest BCUT2D eigenvalue weighted by Gasteiger charge is 2.54. The highest BCUT2D eigenvalue weighted by Crippen LogP contribution is 2.55. The van der Waals surface area contributed by atoms with Gasteiger partial charge in [-0.15, -0.1) is 0 Å². The third kappa shape index (κ3) is 4.14. The van der Waals surface area contributed by atoms with Crippen LogP contribution in [-0.4, -0.2) is 35.1 Å². The molecule has 3 fully saturated rings. The number of carbonyl (C=O) groups is 2. The van der Waals surface area contributed by atoms with E-state index in [-0.39, 0.29) is 46.9 Å². The van der Waals surface area contributed by atoms with Crippen LogP contribution in [0.2, 0.25) is 0 Å². The summed E-state index contributed by atoms with van der Waals surface area (Å²) in [5, 5.41) is 17.8. The van der Waals surface area contributed by atoms with E-state index in [0.717, 1.165) is 38.5 Å². The number of fused-ring (bicyclic) bond motifs is 1. The standard InChI is InChI=1S/C25H36N2O3/c1-15(23(29)26-18-9-10-18)19-11-13-25(3)14-12-20(16(2)21(25)22(19)28)27-24(30)17-7-5-4-6-8-17/h4-8,15-16,18-22,28H,9-14H2,1-3H3,(H,26,29)(H,27,30). The summed E-state index contributed by atoms with van der Waals surface area (Å²) in [5.74, 6) is 0.0808. The summed E-state index contributed by atoms with van der Waals surface area (Å²) in [6, 6.07) is 9.71. The number of aliphatic hydroxyl groups is 1. The van der Waals surface area contributed by atoms with Crippen LogP contribution in [0.25, 0.3) is 0 Å². The van der Waals surface area contributed by atoms with Crippen LogP contribution in [0.1, 0.15) is 69.7 Å². The molecular weight excluding hydrogens is 376 g/mol. The molecule has 0 radical (unpaired) electrons. The first-order valence-corrected chi connectivity index (χ1v) is 11.6. The van der Waals surface area contributed by atoms with Gasteiger partial charge in [-0.3, -0.25) is 9.59 Å². The van der Waals surface area contributed by atoms with Crippen LogP contribution in [0.3, 0.4) is 0 Å². The van der Waals surface area contributed by atoms with E-state index in [1.165, 1.54) is 0 Å². The molecule has 4 rings (SSSR count). The number of hydrogen-bond acceptors (Lipinski definition) is 3. The molecule has 0 aromatic heterocycles. The Labute approximate surface area is 180 Å². The Hall–Kier alpha value is -1.88. The summed E-state index contributed by atoms with van der Waals surface area (Å²) in [5.41, 5.74) is 0.737. The molecule has 5 nitrogen and oxygen atoms in total. The van der Waals surface area contributed by atoms with Crippen molar-refractivity contribution in [2.24, 2.45) is 29.1 Å². The predicted octanol–water partition coefficient (Wildman–Crippen LogP) is 3.52. The monoisotopic (exact) mass is 412 g/mol. The quantitative estimate of drug-likeness (QED) is 0.692. The second kappa shape index (κ2) is 8.33. The summed E-state index contributed by atoms with van der Waals surface area (Å²) in [6.45, 7) is 6.42. The summed E-state index contributed by atoms with van der Waals surface area (Å²) >= 11 is 0. The Balaban J connectivity index is 1.46. The SMILES string of the molecule is CC(C(=O)NC1CC1)C1CCC2(C)CCC(NC(=O)c3ccccc3)C(C)C2C1O. The molecule has 30 heavy (non-hydrogen) atoms. The molecule has 3 N–H and O–H groups in total. The summed E-state index contributed by atoms with van der Waals surface area (Å²) < 4.78 is 0. The van der Waals surface area contributed by atoms with Gasteiger partial charge < -0.3 is 15.7 Å². The Morgan fingerprint density at radius 1 is 1.07 bits per heavy atom. The van der Waals surface area contributed by atoms with Gasteiger partial charge in [-0.05, 0) is 73.8 Å². The molecule has 3 aliphatic rings. The van der Waals surface area contributed by atoms with E-state index >= 15 is 0 Å². The van der Waals surface area contributed by atoms with Gasteiger partial charge in [0.1, 0.15) is 0 Å². The summed E-state index contributed by atoms with van der Waals surface area (Å²) in [7, 11) is 0. The molecule has 0 aliphatic heterocycles. The average Bonchev–Trinajstić information content (AvgIpc) is 3.54. The fourth-order valence-corrected chi connectivity index (χ4v) is 6.09. The minimum absolute atomic E-state index is 0.0205. The van der Waals surface area contributed by atoms with E-state index in [4.69, 9.17) is 0 Å². The molecule has 7 atom stereocenters. The third-order valence-corrected chi connectivity index (χ3v) is 8.22. The van der Waals surface area contributed by atoms with E-state index in [1.54, 1.807) is 0 Å². The van der Waals surface area contributed by atoms with Crippen LogP contribution in [0.4, 0.5) is 0 Å². The zero-order valence-electron chi connectivity index (χ0n) is 18.4. The van der Waals surface area contributed by atoms with Gasteiger partial charge in [0.05, 0.1) is 6.10 Å². The van der Waals surface area contributed by atoms with Gasteiger partial charge >= 0.3 is 0 Å². The average molecular weight is 413 g/mol. The molecule has 3 saturated carbocycles. The molecule has 2 amide bonds. The van der Waals surface area contributed by atoms with Crippen molar-refractivity contribution in [3.8, 4) is 0 Å². The van der Waals surface area contributed by atoms with E-state index in [1.807, 2.05) is 37.3 Å². The zero-order chi connectivity index (χ0) is 21.5. The molecule has 3 aliphatic carbocycles. The van der Waals surface area contributed by atoms with Gasteiger partial charge in [0.2, 0.25) is 5.91 Å². The first-order chi connectivity index (χ1) is 14.3. The number of carbonyl (C=O) groups excluding carboxylic acids is 2. The van der Waals surface area contributed by atoms with Gasteiger partial charge in [-0.1, -0.05) is 39.0 Å². The summed E-state index contributed by atoms with van der Waals surface area (Å²) in [6.07, 6.45) is 5.48. The minimum Gasteiger partial charge on any atom is -0.392 e. The Morgan fingerprint density at radius 2 is 1.73 bits per heavy atom. The number of hydrogen-bond donors (Lipinski definition) is 3. The second-order valence-corrected chi connectivity index (χ2v) is 10.3. The lowest BCUT2D eigenvalue weighted by molar-refractivity contribution is -0.142.